The number of nitrogens with zero attached hydrogens (tertiary/aromatic N) is 1. The molecule has 0 aliphatic heterocycles. The van der Waals surface area contributed by atoms with Gasteiger partial charge in [0, 0.05) is 11.4 Å². The van der Waals surface area contributed by atoms with E-state index in [4.69, 9.17) is 0 Å². The van der Waals surface area contributed by atoms with Crippen molar-refractivity contribution in [1.82, 2.24) is 0 Å². The van der Waals surface area contributed by atoms with Crippen molar-refractivity contribution in [2.24, 2.45) is 5.92 Å². The van der Waals surface area contributed by atoms with Crippen molar-refractivity contribution in [3.8, 4) is 5.75 Å². The van der Waals surface area contributed by atoms with E-state index in [0.29, 0.717) is 17.7 Å². The highest BCUT2D eigenvalue weighted by Crippen LogP contribution is 2.31. The van der Waals surface area contributed by atoms with Crippen molar-refractivity contribution in [2.75, 3.05) is 11.5 Å². The predicted octanol–water partition coefficient (Wildman–Crippen LogP) is 4.33. The van der Waals surface area contributed by atoms with Crippen LogP contribution >= 0.6 is 0 Å². The van der Waals surface area contributed by atoms with Crippen LogP contribution < -0.4 is 4.90 Å². The third-order valence-corrected chi connectivity index (χ3v) is 4.20. The maximum Gasteiger partial charge on any atom is 0.236 e. The highest BCUT2D eigenvalue weighted by atomic mass is 16.3. The number of hydrogen-bond donors (Lipinski definition) is 2. The third-order valence-electron chi connectivity index (χ3n) is 4.20. The summed E-state index contributed by atoms with van der Waals surface area (Å²) in [7, 11) is 0. The number of aliphatic hydroxyl groups excluding tert-OH is 1. The number of aliphatic hydroxyl groups is 1. The fourth-order valence-corrected chi connectivity index (χ4v) is 2.74. The van der Waals surface area contributed by atoms with Gasteiger partial charge in [-0.3, -0.25) is 9.69 Å². The first-order chi connectivity index (χ1) is 12.1. The molecule has 0 saturated carbocycles. The van der Waals surface area contributed by atoms with E-state index in [1.54, 1.807) is 30.0 Å². The molecule has 132 valence electrons. The Hall–Kier alpha value is -2.59. The maximum absolute atomic E-state index is 13.1. The quantitative estimate of drug-likeness (QED) is 0.556. The monoisotopic (exact) mass is 339 g/mol. The molecule has 0 saturated heterocycles. The number of anilines is 2. The van der Waals surface area contributed by atoms with Crippen molar-refractivity contribution in [3.05, 3.63) is 66.7 Å². The zero-order valence-electron chi connectivity index (χ0n) is 14.6. The highest BCUT2D eigenvalue weighted by Gasteiger charge is 2.26. The summed E-state index contributed by atoms with van der Waals surface area (Å²) < 4.78 is 0. The molecule has 1 unspecified atom stereocenters. The van der Waals surface area contributed by atoms with E-state index >= 15 is 0 Å². The third kappa shape index (κ3) is 4.70. The number of para-hydroxylation sites is 1. The number of amides is 1. The number of hydrogen-bond acceptors (Lipinski definition) is 3. The molecule has 2 aromatic carbocycles. The van der Waals surface area contributed by atoms with Gasteiger partial charge in [-0.25, -0.2) is 0 Å². The molecule has 4 heteroatoms. The van der Waals surface area contributed by atoms with Gasteiger partial charge in [0.1, 0.15) is 5.75 Å². The van der Waals surface area contributed by atoms with Crippen molar-refractivity contribution in [1.29, 1.82) is 0 Å². The summed E-state index contributed by atoms with van der Waals surface area (Å²) in [6.07, 6.45) is 4.03. The molecule has 2 aromatic rings. The summed E-state index contributed by atoms with van der Waals surface area (Å²) in [6, 6.07) is 14.4. The molecule has 2 N–H and O–H groups in total. The average Bonchev–Trinajstić information content (AvgIpc) is 2.63. The molecule has 1 atom stereocenters. The van der Waals surface area contributed by atoms with E-state index in [0.717, 1.165) is 18.5 Å². The second-order valence-electron chi connectivity index (χ2n) is 6.08. The van der Waals surface area contributed by atoms with E-state index in [9.17, 15) is 15.0 Å². The van der Waals surface area contributed by atoms with Crippen LogP contribution in [-0.2, 0) is 4.79 Å². The summed E-state index contributed by atoms with van der Waals surface area (Å²) in [5, 5.41) is 19.5. The Labute approximate surface area is 149 Å². The molecular weight excluding hydrogens is 314 g/mol. The molecule has 4 nitrogen and oxygen atoms in total. The number of aromatic hydroxyl groups is 1. The van der Waals surface area contributed by atoms with Gasteiger partial charge in [0.25, 0.3) is 0 Å². The summed E-state index contributed by atoms with van der Waals surface area (Å²) in [5.41, 5.74) is 2.10. The molecule has 0 aliphatic rings. The first kappa shape index (κ1) is 18.7. The largest absolute Gasteiger partial charge is 0.508 e. The normalized spacial score (nSPS) is 11.8. The molecule has 0 aliphatic carbocycles. The van der Waals surface area contributed by atoms with Crippen LogP contribution in [0.4, 0.5) is 11.4 Å². The Morgan fingerprint density at radius 1 is 1.20 bits per heavy atom. The minimum Gasteiger partial charge on any atom is -0.508 e. The van der Waals surface area contributed by atoms with E-state index in [1.807, 2.05) is 36.4 Å². The van der Waals surface area contributed by atoms with Crippen molar-refractivity contribution >= 4 is 17.3 Å². The summed E-state index contributed by atoms with van der Waals surface area (Å²) in [5.74, 6) is -0.439. The summed E-state index contributed by atoms with van der Waals surface area (Å²) in [4.78, 5) is 14.8. The van der Waals surface area contributed by atoms with Crippen LogP contribution in [0.2, 0.25) is 0 Å². The molecular formula is C21H25NO3. The molecule has 0 bridgehead atoms. The van der Waals surface area contributed by atoms with Crippen LogP contribution in [-0.4, -0.2) is 22.7 Å². The van der Waals surface area contributed by atoms with Crippen LogP contribution in [0.1, 0.15) is 24.8 Å². The lowest BCUT2D eigenvalue weighted by Gasteiger charge is -2.27. The average molecular weight is 339 g/mol. The Morgan fingerprint density at radius 2 is 1.92 bits per heavy atom. The smallest absolute Gasteiger partial charge is 0.236 e. The van der Waals surface area contributed by atoms with Crippen LogP contribution in [0.3, 0.4) is 0 Å². The number of unbranched alkanes of at least 4 members (excludes halogenated alkanes) is 1. The first-order valence-corrected chi connectivity index (χ1v) is 8.49. The molecule has 25 heavy (non-hydrogen) atoms. The van der Waals surface area contributed by atoms with Gasteiger partial charge in [-0.2, -0.15) is 0 Å². The molecule has 2 rings (SSSR count). The van der Waals surface area contributed by atoms with Gasteiger partial charge in [-0.05, 0) is 62.1 Å². The van der Waals surface area contributed by atoms with Gasteiger partial charge in [-0.1, -0.05) is 24.3 Å². The second kappa shape index (κ2) is 9.04. The number of benzene rings is 2. The van der Waals surface area contributed by atoms with Crippen LogP contribution in [0.25, 0.3) is 0 Å². The lowest BCUT2D eigenvalue weighted by molar-refractivity contribution is -0.123. The van der Waals surface area contributed by atoms with Gasteiger partial charge < -0.3 is 10.2 Å². The van der Waals surface area contributed by atoms with Crippen molar-refractivity contribution in [2.45, 2.75) is 26.2 Å². The van der Waals surface area contributed by atoms with Gasteiger partial charge >= 0.3 is 0 Å². The number of aryl methyl sites for hydroxylation is 1. The Kier molecular flexibility index (Phi) is 6.78. The fourth-order valence-electron chi connectivity index (χ4n) is 2.74. The van der Waals surface area contributed by atoms with E-state index in [2.05, 4.69) is 6.58 Å². The Balaban J connectivity index is 2.38. The predicted molar refractivity (Wildman–Crippen MR) is 101 cm³/mol. The van der Waals surface area contributed by atoms with Gasteiger partial charge in [-0.15, -0.1) is 6.58 Å². The van der Waals surface area contributed by atoms with E-state index in [1.165, 1.54) is 0 Å². The minimum atomic E-state index is -0.478. The molecule has 0 spiro atoms. The SMILES string of the molecule is C=CCCCC(CO)C(=O)N(c1ccccc1)c1ccc(O)c(C)c1. The van der Waals surface area contributed by atoms with Crippen LogP contribution in [0.5, 0.6) is 5.75 Å². The van der Waals surface area contributed by atoms with Crippen molar-refractivity contribution in [3.63, 3.8) is 0 Å². The van der Waals surface area contributed by atoms with Crippen LogP contribution in [0.15, 0.2) is 61.2 Å². The zero-order valence-corrected chi connectivity index (χ0v) is 14.6. The van der Waals surface area contributed by atoms with Gasteiger partial charge in [0.2, 0.25) is 5.91 Å². The zero-order chi connectivity index (χ0) is 18.2. The first-order valence-electron chi connectivity index (χ1n) is 8.49. The minimum absolute atomic E-state index is 0.150. The lowest BCUT2D eigenvalue weighted by atomic mass is 10.00. The fraction of sp³-hybridized carbons (Fsp3) is 0.286. The number of phenolic OH excluding ortho intramolecular Hbond substituents is 1. The lowest BCUT2D eigenvalue weighted by Crippen LogP contribution is -2.34. The number of carbonyl (C=O) groups excluding carboxylic acids is 1. The topological polar surface area (TPSA) is 60.8 Å². The van der Waals surface area contributed by atoms with Crippen LogP contribution in [0, 0.1) is 12.8 Å². The number of allylic oxidation sites excluding steroid dienone is 1. The van der Waals surface area contributed by atoms with Crippen molar-refractivity contribution < 1.29 is 15.0 Å². The standard InChI is InChI=1S/C21H25NO3/c1-3-4-6-9-17(15-23)21(25)22(18-10-7-5-8-11-18)19-12-13-20(24)16(2)14-19/h3,5,7-8,10-14,17,23-24H,1,4,6,9,15H2,2H3. The molecule has 0 heterocycles. The Morgan fingerprint density at radius 3 is 2.52 bits per heavy atom. The maximum atomic E-state index is 13.1. The molecule has 0 aromatic heterocycles. The highest BCUT2D eigenvalue weighted by molar-refractivity contribution is 6.02. The number of phenols is 1. The second-order valence-corrected chi connectivity index (χ2v) is 6.08. The molecule has 1 amide bonds. The summed E-state index contributed by atoms with van der Waals surface area (Å²) >= 11 is 0. The summed E-state index contributed by atoms with van der Waals surface area (Å²) in [6.45, 7) is 5.29. The van der Waals surface area contributed by atoms with Gasteiger partial charge in [0.05, 0.1) is 12.5 Å². The van der Waals surface area contributed by atoms with E-state index < -0.39 is 5.92 Å². The number of rotatable bonds is 8. The molecule has 0 fully saturated rings. The molecule has 0 radical (unpaired) electrons. The Bertz CT molecular complexity index is 712. The van der Waals surface area contributed by atoms with E-state index in [-0.39, 0.29) is 18.3 Å². The number of carbonyl (C=O) groups is 1. The van der Waals surface area contributed by atoms with Gasteiger partial charge in [0.15, 0.2) is 0 Å².